The van der Waals surface area contributed by atoms with Crippen LogP contribution in [-0.2, 0) is 16.6 Å². The smallest absolute Gasteiger partial charge is 0.251 e. The number of carbonyl (C=O) groups is 1. The molecule has 0 radical (unpaired) electrons. The lowest BCUT2D eigenvalue weighted by Crippen LogP contribution is -2.27. The van der Waals surface area contributed by atoms with Crippen LogP contribution in [0.15, 0.2) is 89.8 Å². The van der Waals surface area contributed by atoms with Crippen molar-refractivity contribution in [3.05, 3.63) is 96.1 Å². The molecule has 0 heterocycles. The van der Waals surface area contributed by atoms with Gasteiger partial charge in [0, 0.05) is 30.9 Å². The zero-order valence-electron chi connectivity index (χ0n) is 16.5. The van der Waals surface area contributed by atoms with Crippen molar-refractivity contribution < 1.29 is 13.2 Å². The molecule has 0 saturated heterocycles. The van der Waals surface area contributed by atoms with Gasteiger partial charge in [0.2, 0.25) is 10.0 Å². The molecule has 7 heteroatoms. The van der Waals surface area contributed by atoms with E-state index in [9.17, 15) is 13.2 Å². The molecule has 30 heavy (non-hydrogen) atoms. The number of nitrogens with one attached hydrogen (secondary N) is 3. The van der Waals surface area contributed by atoms with Crippen LogP contribution in [-0.4, -0.2) is 27.4 Å². The van der Waals surface area contributed by atoms with E-state index in [0.717, 1.165) is 24.2 Å². The molecular formula is C23H25N3O3S. The van der Waals surface area contributed by atoms with Gasteiger partial charge in [-0.2, -0.15) is 0 Å². The van der Waals surface area contributed by atoms with Crippen molar-refractivity contribution in [1.29, 1.82) is 0 Å². The quantitative estimate of drug-likeness (QED) is 0.436. The predicted molar refractivity (Wildman–Crippen MR) is 119 cm³/mol. The Labute approximate surface area is 177 Å². The highest BCUT2D eigenvalue weighted by molar-refractivity contribution is 7.89. The molecule has 3 rings (SSSR count). The van der Waals surface area contributed by atoms with E-state index in [2.05, 4.69) is 15.4 Å². The average Bonchev–Trinajstić information content (AvgIpc) is 2.79. The fraction of sp³-hybridized carbons (Fsp3) is 0.174. The zero-order valence-corrected chi connectivity index (χ0v) is 17.4. The molecule has 0 bridgehead atoms. The van der Waals surface area contributed by atoms with Crippen molar-refractivity contribution in [2.75, 3.05) is 18.4 Å². The molecular weight excluding hydrogens is 398 g/mol. The maximum atomic E-state index is 12.6. The van der Waals surface area contributed by atoms with E-state index in [1.54, 1.807) is 12.1 Å². The Hall–Kier alpha value is -3.16. The Morgan fingerprint density at radius 2 is 1.50 bits per heavy atom. The number of benzene rings is 3. The molecule has 0 unspecified atom stereocenters. The Bertz CT molecular complexity index is 1060. The normalized spacial score (nSPS) is 11.1. The van der Waals surface area contributed by atoms with Crippen molar-refractivity contribution in [2.24, 2.45) is 0 Å². The summed E-state index contributed by atoms with van der Waals surface area (Å²) in [6, 6.07) is 25.2. The Balaban J connectivity index is 1.50. The van der Waals surface area contributed by atoms with E-state index in [1.165, 1.54) is 12.1 Å². The third-order valence-corrected chi connectivity index (χ3v) is 5.86. The first-order chi connectivity index (χ1) is 14.5. The summed E-state index contributed by atoms with van der Waals surface area (Å²) >= 11 is 0. The fourth-order valence-electron chi connectivity index (χ4n) is 2.84. The standard InChI is InChI=1S/C23H25N3O3S/c27-23(25-16-8-15-24-21-12-5-2-6-13-21)20-11-7-14-22(17-20)30(28,29)26-18-19-9-3-1-4-10-19/h1-7,9-14,17,24,26H,8,15-16,18H2,(H,25,27). The van der Waals surface area contributed by atoms with Crippen molar-refractivity contribution >= 4 is 21.6 Å². The van der Waals surface area contributed by atoms with Gasteiger partial charge in [0.05, 0.1) is 4.90 Å². The topological polar surface area (TPSA) is 87.3 Å². The van der Waals surface area contributed by atoms with Crippen LogP contribution < -0.4 is 15.4 Å². The second-order valence-corrected chi connectivity index (χ2v) is 8.51. The van der Waals surface area contributed by atoms with E-state index >= 15 is 0 Å². The van der Waals surface area contributed by atoms with Crippen LogP contribution >= 0.6 is 0 Å². The summed E-state index contributed by atoms with van der Waals surface area (Å²) in [4.78, 5) is 12.5. The molecule has 156 valence electrons. The van der Waals surface area contributed by atoms with Crippen LogP contribution in [0, 0.1) is 0 Å². The molecule has 1 amide bonds. The van der Waals surface area contributed by atoms with Crippen LogP contribution in [0.5, 0.6) is 0 Å². The maximum Gasteiger partial charge on any atom is 0.251 e. The minimum atomic E-state index is -3.71. The van der Waals surface area contributed by atoms with Crippen LogP contribution in [0.4, 0.5) is 5.69 Å². The summed E-state index contributed by atoms with van der Waals surface area (Å²) in [5.74, 6) is -0.296. The molecule has 0 saturated carbocycles. The van der Waals surface area contributed by atoms with Gasteiger partial charge < -0.3 is 10.6 Å². The molecule has 0 atom stereocenters. The average molecular weight is 424 g/mol. The lowest BCUT2D eigenvalue weighted by molar-refractivity contribution is 0.0953. The van der Waals surface area contributed by atoms with Gasteiger partial charge in [0.15, 0.2) is 0 Å². The molecule has 3 N–H and O–H groups in total. The molecule has 6 nitrogen and oxygen atoms in total. The van der Waals surface area contributed by atoms with Gasteiger partial charge in [0.1, 0.15) is 0 Å². The summed E-state index contributed by atoms with van der Waals surface area (Å²) in [5, 5.41) is 6.10. The largest absolute Gasteiger partial charge is 0.385 e. The maximum absolute atomic E-state index is 12.6. The predicted octanol–water partition coefficient (Wildman–Crippen LogP) is 3.40. The minimum Gasteiger partial charge on any atom is -0.385 e. The summed E-state index contributed by atoms with van der Waals surface area (Å²) in [6.45, 7) is 1.40. The first-order valence-electron chi connectivity index (χ1n) is 9.75. The van der Waals surface area contributed by atoms with Crippen molar-refractivity contribution in [1.82, 2.24) is 10.0 Å². The number of amides is 1. The number of carbonyl (C=O) groups excluding carboxylic acids is 1. The lowest BCUT2D eigenvalue weighted by Gasteiger charge is -2.10. The van der Waals surface area contributed by atoms with E-state index < -0.39 is 10.0 Å². The highest BCUT2D eigenvalue weighted by Gasteiger charge is 2.16. The van der Waals surface area contributed by atoms with E-state index in [-0.39, 0.29) is 17.3 Å². The number of anilines is 1. The zero-order chi connectivity index (χ0) is 21.2. The second-order valence-electron chi connectivity index (χ2n) is 6.74. The van der Waals surface area contributed by atoms with Gasteiger partial charge in [-0.3, -0.25) is 4.79 Å². The molecule has 0 aliphatic heterocycles. The Kier molecular flexibility index (Phi) is 7.59. The van der Waals surface area contributed by atoms with E-state index in [0.29, 0.717) is 12.1 Å². The summed E-state index contributed by atoms with van der Waals surface area (Å²) in [5.41, 5.74) is 2.21. The van der Waals surface area contributed by atoms with Gasteiger partial charge in [-0.25, -0.2) is 13.1 Å². The Morgan fingerprint density at radius 3 is 2.23 bits per heavy atom. The van der Waals surface area contributed by atoms with E-state index in [4.69, 9.17) is 0 Å². The molecule has 0 fully saturated rings. The Morgan fingerprint density at radius 1 is 0.800 bits per heavy atom. The van der Waals surface area contributed by atoms with Gasteiger partial charge in [-0.15, -0.1) is 0 Å². The number of sulfonamides is 1. The molecule has 0 aliphatic rings. The van der Waals surface area contributed by atoms with Crippen LogP contribution in [0.25, 0.3) is 0 Å². The molecule has 0 aliphatic carbocycles. The van der Waals surface area contributed by atoms with Crippen molar-refractivity contribution in [3.8, 4) is 0 Å². The number of rotatable bonds is 10. The number of para-hydroxylation sites is 1. The molecule has 0 aromatic heterocycles. The fourth-order valence-corrected chi connectivity index (χ4v) is 3.91. The third-order valence-electron chi connectivity index (χ3n) is 4.46. The van der Waals surface area contributed by atoms with Gasteiger partial charge in [0.25, 0.3) is 5.91 Å². The second kappa shape index (κ2) is 10.6. The summed E-state index contributed by atoms with van der Waals surface area (Å²) in [7, 11) is -3.71. The minimum absolute atomic E-state index is 0.0665. The van der Waals surface area contributed by atoms with Crippen LogP contribution in [0.1, 0.15) is 22.3 Å². The summed E-state index contributed by atoms with van der Waals surface area (Å²) in [6.07, 6.45) is 0.747. The first-order valence-corrected chi connectivity index (χ1v) is 11.2. The van der Waals surface area contributed by atoms with E-state index in [1.807, 2.05) is 60.7 Å². The SMILES string of the molecule is O=C(NCCCNc1ccccc1)c1cccc(S(=O)(=O)NCc2ccccc2)c1. The number of hydrogen-bond acceptors (Lipinski definition) is 4. The monoisotopic (exact) mass is 423 g/mol. The van der Waals surface area contributed by atoms with Crippen LogP contribution in [0.3, 0.4) is 0 Å². The van der Waals surface area contributed by atoms with Gasteiger partial charge in [-0.1, -0.05) is 54.6 Å². The van der Waals surface area contributed by atoms with Crippen molar-refractivity contribution in [3.63, 3.8) is 0 Å². The van der Waals surface area contributed by atoms with Gasteiger partial charge >= 0.3 is 0 Å². The van der Waals surface area contributed by atoms with Crippen LogP contribution in [0.2, 0.25) is 0 Å². The van der Waals surface area contributed by atoms with Crippen molar-refractivity contribution in [2.45, 2.75) is 17.9 Å². The lowest BCUT2D eigenvalue weighted by atomic mass is 10.2. The first kappa shape index (κ1) is 21.5. The number of hydrogen-bond donors (Lipinski definition) is 3. The molecule has 0 spiro atoms. The molecule has 3 aromatic carbocycles. The van der Waals surface area contributed by atoms with Gasteiger partial charge in [-0.05, 0) is 42.3 Å². The molecule has 3 aromatic rings. The highest BCUT2D eigenvalue weighted by atomic mass is 32.2. The summed E-state index contributed by atoms with van der Waals surface area (Å²) < 4.78 is 27.7. The highest BCUT2D eigenvalue weighted by Crippen LogP contribution is 2.12. The third kappa shape index (κ3) is 6.43.